The highest BCUT2D eigenvalue weighted by Gasteiger charge is 2.15. The molecule has 5 heteroatoms. The van der Waals surface area contributed by atoms with E-state index in [4.69, 9.17) is 10.00 Å². The van der Waals surface area contributed by atoms with Crippen LogP contribution in [0.15, 0.2) is 18.2 Å². The zero-order valence-electron chi connectivity index (χ0n) is 10.6. The molecule has 96 valence electrons. The second kappa shape index (κ2) is 6.34. The van der Waals surface area contributed by atoms with Crippen molar-refractivity contribution in [3.63, 3.8) is 0 Å². The maximum Gasteiger partial charge on any atom is 0.142 e. The van der Waals surface area contributed by atoms with E-state index in [0.29, 0.717) is 11.6 Å². The summed E-state index contributed by atoms with van der Waals surface area (Å²) in [5, 5.41) is 12.1. The molecular weight excluding hydrogens is 228 g/mol. The van der Waals surface area contributed by atoms with Gasteiger partial charge < -0.3 is 15.0 Å². The number of nitriles is 1. The van der Waals surface area contributed by atoms with Gasteiger partial charge >= 0.3 is 0 Å². The summed E-state index contributed by atoms with van der Waals surface area (Å²) < 4.78 is 5.56. The predicted molar refractivity (Wildman–Crippen MR) is 69.2 cm³/mol. The Hall–Kier alpha value is -1.64. The molecule has 18 heavy (non-hydrogen) atoms. The van der Waals surface area contributed by atoms with Gasteiger partial charge in [0.1, 0.15) is 17.6 Å². The third-order valence-electron chi connectivity index (χ3n) is 2.98. The van der Waals surface area contributed by atoms with Gasteiger partial charge in [0.25, 0.3) is 0 Å². The molecule has 1 fully saturated rings. The summed E-state index contributed by atoms with van der Waals surface area (Å²) in [6.07, 6.45) is 0. The first-order valence-electron chi connectivity index (χ1n) is 6.15. The zero-order chi connectivity index (χ0) is 12.8. The Balaban J connectivity index is 1.88. The van der Waals surface area contributed by atoms with Crippen molar-refractivity contribution < 1.29 is 4.74 Å². The van der Waals surface area contributed by atoms with Crippen molar-refractivity contribution in [1.29, 1.82) is 5.26 Å². The second-order valence-electron chi connectivity index (χ2n) is 4.60. The van der Waals surface area contributed by atoms with Crippen LogP contribution in [0.25, 0.3) is 0 Å². The number of pyridine rings is 1. The molecule has 1 aliphatic heterocycles. The van der Waals surface area contributed by atoms with E-state index in [1.807, 2.05) is 18.2 Å². The first-order valence-corrected chi connectivity index (χ1v) is 6.15. The lowest BCUT2D eigenvalue weighted by Crippen LogP contribution is -2.30. The predicted octanol–water partition coefficient (Wildman–Crippen LogP) is 0.943. The standard InChI is InChI=1S/C13H18N4O/c1-17-5-6-18-10-11(9-17)8-15-13-4-2-3-12(7-14)16-13/h2-4,11H,5-6,8-10H2,1H3,(H,15,16)/t11-/m1/s1. The molecule has 0 unspecified atom stereocenters. The summed E-state index contributed by atoms with van der Waals surface area (Å²) in [5.74, 6) is 1.20. The summed E-state index contributed by atoms with van der Waals surface area (Å²) in [5.41, 5.74) is 0.439. The molecule has 1 aromatic rings. The lowest BCUT2D eigenvalue weighted by molar-refractivity contribution is 0.125. The largest absolute Gasteiger partial charge is 0.380 e. The lowest BCUT2D eigenvalue weighted by atomic mass is 10.1. The molecule has 0 radical (unpaired) electrons. The monoisotopic (exact) mass is 246 g/mol. The molecule has 0 saturated carbocycles. The number of nitrogens with zero attached hydrogens (tertiary/aromatic N) is 3. The van der Waals surface area contributed by atoms with Gasteiger partial charge in [0, 0.05) is 25.6 Å². The summed E-state index contributed by atoms with van der Waals surface area (Å²) in [6, 6.07) is 7.45. The topological polar surface area (TPSA) is 61.2 Å². The number of hydrogen-bond acceptors (Lipinski definition) is 5. The number of nitrogens with one attached hydrogen (secondary N) is 1. The Bertz CT molecular complexity index is 429. The van der Waals surface area contributed by atoms with Crippen LogP contribution in [-0.2, 0) is 4.74 Å². The highest BCUT2D eigenvalue weighted by Crippen LogP contribution is 2.09. The minimum Gasteiger partial charge on any atom is -0.380 e. The summed E-state index contributed by atoms with van der Waals surface area (Å²) >= 11 is 0. The normalized spacial score (nSPS) is 21.0. The first kappa shape index (κ1) is 12.8. The Morgan fingerprint density at radius 2 is 2.50 bits per heavy atom. The van der Waals surface area contributed by atoms with E-state index in [-0.39, 0.29) is 0 Å². The number of hydrogen-bond donors (Lipinski definition) is 1. The van der Waals surface area contributed by atoms with Crippen molar-refractivity contribution in [1.82, 2.24) is 9.88 Å². The van der Waals surface area contributed by atoms with Crippen LogP contribution >= 0.6 is 0 Å². The van der Waals surface area contributed by atoms with Gasteiger partial charge in [0.2, 0.25) is 0 Å². The quantitative estimate of drug-likeness (QED) is 0.860. The minimum atomic E-state index is 0.439. The molecule has 5 nitrogen and oxygen atoms in total. The van der Waals surface area contributed by atoms with Crippen LogP contribution in [0.2, 0.25) is 0 Å². The SMILES string of the molecule is CN1CCOC[C@H](CNc2cccc(C#N)n2)C1. The fourth-order valence-corrected chi connectivity index (χ4v) is 2.02. The second-order valence-corrected chi connectivity index (χ2v) is 4.60. The van der Waals surface area contributed by atoms with Gasteiger partial charge in [-0.15, -0.1) is 0 Å². The van der Waals surface area contributed by atoms with E-state index in [9.17, 15) is 0 Å². The van der Waals surface area contributed by atoms with Crippen LogP contribution in [0.4, 0.5) is 5.82 Å². The van der Waals surface area contributed by atoms with Crippen molar-refractivity contribution in [3.8, 4) is 6.07 Å². The molecule has 1 atom stereocenters. The Morgan fingerprint density at radius 1 is 1.61 bits per heavy atom. The molecule has 0 bridgehead atoms. The highest BCUT2D eigenvalue weighted by molar-refractivity contribution is 5.38. The molecule has 0 spiro atoms. The number of anilines is 1. The summed E-state index contributed by atoms with van der Waals surface area (Å²) in [4.78, 5) is 6.47. The van der Waals surface area contributed by atoms with Gasteiger partial charge in [0.05, 0.1) is 13.2 Å². The van der Waals surface area contributed by atoms with E-state index in [1.165, 1.54) is 0 Å². The summed E-state index contributed by atoms with van der Waals surface area (Å²) in [7, 11) is 2.11. The fraction of sp³-hybridized carbons (Fsp3) is 0.538. The maximum absolute atomic E-state index is 8.78. The van der Waals surface area contributed by atoms with Gasteiger partial charge in [-0.1, -0.05) is 6.07 Å². The summed E-state index contributed by atoms with van der Waals surface area (Å²) in [6.45, 7) is 4.39. The Kier molecular flexibility index (Phi) is 4.51. The van der Waals surface area contributed by atoms with Crippen molar-refractivity contribution in [3.05, 3.63) is 23.9 Å². The molecule has 2 heterocycles. The lowest BCUT2D eigenvalue weighted by Gasteiger charge is -2.19. The third-order valence-corrected chi connectivity index (χ3v) is 2.98. The number of aromatic nitrogens is 1. The number of likely N-dealkylation sites (N-methyl/N-ethyl adjacent to an activating group) is 1. The van der Waals surface area contributed by atoms with E-state index in [0.717, 1.165) is 38.7 Å². The smallest absolute Gasteiger partial charge is 0.142 e. The van der Waals surface area contributed by atoms with E-state index in [1.54, 1.807) is 6.07 Å². The van der Waals surface area contributed by atoms with Crippen LogP contribution in [0.5, 0.6) is 0 Å². The maximum atomic E-state index is 8.78. The van der Waals surface area contributed by atoms with E-state index >= 15 is 0 Å². The van der Waals surface area contributed by atoms with Gasteiger partial charge in [-0.05, 0) is 19.2 Å². The number of ether oxygens (including phenoxy) is 1. The van der Waals surface area contributed by atoms with Gasteiger partial charge in [-0.25, -0.2) is 4.98 Å². The van der Waals surface area contributed by atoms with Crippen LogP contribution in [0.1, 0.15) is 5.69 Å². The molecule has 1 saturated heterocycles. The fourth-order valence-electron chi connectivity index (χ4n) is 2.02. The molecule has 1 aliphatic rings. The van der Waals surface area contributed by atoms with Gasteiger partial charge in [-0.2, -0.15) is 5.26 Å². The van der Waals surface area contributed by atoms with Crippen LogP contribution in [-0.4, -0.2) is 49.8 Å². The molecule has 0 amide bonds. The van der Waals surface area contributed by atoms with Crippen LogP contribution in [0.3, 0.4) is 0 Å². The highest BCUT2D eigenvalue weighted by atomic mass is 16.5. The molecule has 0 aromatic carbocycles. The Morgan fingerprint density at radius 3 is 3.33 bits per heavy atom. The van der Waals surface area contributed by atoms with Crippen molar-refractivity contribution in [2.75, 3.05) is 45.2 Å². The van der Waals surface area contributed by atoms with Crippen molar-refractivity contribution >= 4 is 5.82 Å². The first-order chi connectivity index (χ1) is 8.78. The minimum absolute atomic E-state index is 0.439. The molecular formula is C13H18N4O. The molecule has 1 aromatic heterocycles. The average Bonchev–Trinajstić information content (AvgIpc) is 2.61. The third kappa shape index (κ3) is 3.69. The zero-order valence-corrected chi connectivity index (χ0v) is 10.6. The van der Waals surface area contributed by atoms with Crippen molar-refractivity contribution in [2.24, 2.45) is 5.92 Å². The average molecular weight is 246 g/mol. The van der Waals surface area contributed by atoms with E-state index in [2.05, 4.69) is 22.2 Å². The van der Waals surface area contributed by atoms with Gasteiger partial charge in [-0.3, -0.25) is 0 Å². The van der Waals surface area contributed by atoms with Crippen molar-refractivity contribution in [2.45, 2.75) is 0 Å². The number of rotatable bonds is 3. The molecule has 0 aliphatic carbocycles. The molecule has 2 rings (SSSR count). The van der Waals surface area contributed by atoms with Crippen LogP contribution in [0, 0.1) is 17.2 Å². The van der Waals surface area contributed by atoms with Crippen LogP contribution < -0.4 is 5.32 Å². The Labute approximate surface area is 107 Å². The van der Waals surface area contributed by atoms with Gasteiger partial charge in [0.15, 0.2) is 0 Å². The molecule has 1 N–H and O–H groups in total. The van der Waals surface area contributed by atoms with E-state index < -0.39 is 0 Å².